The van der Waals surface area contributed by atoms with Crippen molar-refractivity contribution in [3.63, 3.8) is 0 Å². The van der Waals surface area contributed by atoms with Gasteiger partial charge >= 0.3 is 5.97 Å². The smallest absolute Gasteiger partial charge is 0.303 e. The third-order valence-electron chi connectivity index (χ3n) is 3.68. The largest absolute Gasteiger partial charge is 0.456 e. The zero-order valence-corrected chi connectivity index (χ0v) is 13.8. The van der Waals surface area contributed by atoms with E-state index in [-0.39, 0.29) is 0 Å². The first-order valence-corrected chi connectivity index (χ1v) is 7.81. The summed E-state index contributed by atoms with van der Waals surface area (Å²) in [6.07, 6.45) is 0. The van der Waals surface area contributed by atoms with Crippen LogP contribution >= 0.6 is 0 Å². The van der Waals surface area contributed by atoms with E-state index in [4.69, 9.17) is 5.73 Å². The van der Waals surface area contributed by atoms with Gasteiger partial charge in [0.2, 0.25) is 5.91 Å². The fraction of sp³-hybridized carbons (Fsp3) is 0.211. The lowest BCUT2D eigenvalue weighted by atomic mass is 9.84. The summed E-state index contributed by atoms with van der Waals surface area (Å²) in [5, 5.41) is 2.58. The molecule has 0 saturated heterocycles. The number of rotatable bonds is 7. The van der Waals surface area contributed by atoms with Crippen molar-refractivity contribution >= 4 is 17.8 Å². The first-order valence-electron chi connectivity index (χ1n) is 7.81. The minimum absolute atomic E-state index is 0.457. The Kier molecular flexibility index (Phi) is 6.28. The number of ether oxygens (including phenoxy) is 1. The average Bonchev–Trinajstić information content (AvgIpc) is 2.61. The standard InChI is InChI=1S/C19H20N2O4/c1-13(22)25-12-16(23)21-18(19(20)24)17(14-8-4-2-5-9-14)15-10-6-3-7-11-15/h2-11,17-18H,12H2,1H3,(H2,20,24)(H,21,23)/t18-/m1/s1. The number of hydrogen-bond donors (Lipinski definition) is 2. The first-order chi connectivity index (χ1) is 12.0. The molecule has 2 amide bonds. The van der Waals surface area contributed by atoms with E-state index in [1.165, 1.54) is 6.92 Å². The van der Waals surface area contributed by atoms with Crippen molar-refractivity contribution in [2.24, 2.45) is 5.73 Å². The van der Waals surface area contributed by atoms with Gasteiger partial charge in [-0.2, -0.15) is 0 Å². The molecule has 6 heteroatoms. The summed E-state index contributed by atoms with van der Waals surface area (Å²) in [6.45, 7) is 0.741. The van der Waals surface area contributed by atoms with E-state index in [1.807, 2.05) is 60.7 Å². The Morgan fingerprint density at radius 1 is 0.960 bits per heavy atom. The van der Waals surface area contributed by atoms with Crippen LogP contribution in [0.2, 0.25) is 0 Å². The van der Waals surface area contributed by atoms with Crippen LogP contribution in [-0.2, 0) is 19.1 Å². The van der Waals surface area contributed by atoms with Gasteiger partial charge in [0.15, 0.2) is 6.61 Å². The van der Waals surface area contributed by atoms with Gasteiger partial charge in [0.1, 0.15) is 6.04 Å². The van der Waals surface area contributed by atoms with Gasteiger partial charge in [0.05, 0.1) is 0 Å². The van der Waals surface area contributed by atoms with Crippen LogP contribution in [0.3, 0.4) is 0 Å². The average molecular weight is 340 g/mol. The highest BCUT2D eigenvalue weighted by Gasteiger charge is 2.30. The molecule has 0 heterocycles. The number of carbonyl (C=O) groups is 3. The summed E-state index contributed by atoms with van der Waals surface area (Å²) in [5.74, 6) is -2.29. The van der Waals surface area contributed by atoms with Gasteiger partial charge in [0.25, 0.3) is 5.91 Å². The van der Waals surface area contributed by atoms with Crippen LogP contribution in [0.25, 0.3) is 0 Å². The third-order valence-corrected chi connectivity index (χ3v) is 3.68. The molecule has 130 valence electrons. The number of benzene rings is 2. The normalized spacial score (nSPS) is 11.6. The molecule has 3 N–H and O–H groups in total. The lowest BCUT2D eigenvalue weighted by molar-refractivity contribution is -0.146. The number of nitrogens with one attached hydrogen (secondary N) is 1. The van der Waals surface area contributed by atoms with E-state index < -0.39 is 36.4 Å². The molecule has 25 heavy (non-hydrogen) atoms. The van der Waals surface area contributed by atoms with Crippen LogP contribution in [0.4, 0.5) is 0 Å². The van der Waals surface area contributed by atoms with Crippen LogP contribution in [0.1, 0.15) is 24.0 Å². The first kappa shape index (κ1) is 18.2. The quantitative estimate of drug-likeness (QED) is 0.743. The maximum Gasteiger partial charge on any atom is 0.303 e. The van der Waals surface area contributed by atoms with Crippen LogP contribution in [0, 0.1) is 0 Å². The SMILES string of the molecule is CC(=O)OCC(=O)N[C@@H](C(N)=O)C(c1ccccc1)c1ccccc1. The van der Waals surface area contributed by atoms with E-state index in [1.54, 1.807) is 0 Å². The zero-order chi connectivity index (χ0) is 18.2. The van der Waals surface area contributed by atoms with Crippen LogP contribution < -0.4 is 11.1 Å². The molecule has 0 bridgehead atoms. The van der Waals surface area contributed by atoms with Gasteiger partial charge in [-0.05, 0) is 11.1 Å². The predicted octanol–water partition coefficient (Wildman–Crippen LogP) is 1.35. The van der Waals surface area contributed by atoms with Crippen molar-refractivity contribution in [1.29, 1.82) is 0 Å². The molecule has 0 radical (unpaired) electrons. The summed E-state index contributed by atoms with van der Waals surface area (Å²) in [4.78, 5) is 34.9. The molecule has 1 atom stereocenters. The maximum absolute atomic E-state index is 12.1. The lowest BCUT2D eigenvalue weighted by Gasteiger charge is -2.26. The van der Waals surface area contributed by atoms with Gasteiger partial charge in [-0.15, -0.1) is 0 Å². The second-order valence-electron chi connectivity index (χ2n) is 5.53. The predicted molar refractivity (Wildman–Crippen MR) is 92.5 cm³/mol. The fourth-order valence-electron chi connectivity index (χ4n) is 2.60. The Balaban J connectivity index is 2.33. The summed E-state index contributed by atoms with van der Waals surface area (Å²) < 4.78 is 4.67. The van der Waals surface area contributed by atoms with Crippen molar-refractivity contribution in [1.82, 2.24) is 5.32 Å². The Morgan fingerprint density at radius 2 is 1.44 bits per heavy atom. The van der Waals surface area contributed by atoms with E-state index in [9.17, 15) is 14.4 Å². The molecular formula is C19H20N2O4. The molecular weight excluding hydrogens is 320 g/mol. The van der Waals surface area contributed by atoms with Gasteiger partial charge in [0, 0.05) is 12.8 Å². The Bertz CT molecular complexity index is 692. The lowest BCUT2D eigenvalue weighted by Crippen LogP contribution is -2.49. The van der Waals surface area contributed by atoms with Gasteiger partial charge in [-0.25, -0.2) is 0 Å². The van der Waals surface area contributed by atoms with E-state index in [0.717, 1.165) is 11.1 Å². The molecule has 0 aliphatic carbocycles. The number of amides is 2. The van der Waals surface area contributed by atoms with E-state index >= 15 is 0 Å². The van der Waals surface area contributed by atoms with Crippen molar-refractivity contribution in [2.45, 2.75) is 18.9 Å². The molecule has 0 saturated carbocycles. The number of hydrogen-bond acceptors (Lipinski definition) is 4. The molecule has 0 spiro atoms. The van der Waals surface area contributed by atoms with E-state index in [2.05, 4.69) is 10.1 Å². The second kappa shape index (κ2) is 8.63. The van der Waals surface area contributed by atoms with Crippen molar-refractivity contribution in [3.05, 3.63) is 71.8 Å². The summed E-state index contributed by atoms with van der Waals surface area (Å²) >= 11 is 0. The van der Waals surface area contributed by atoms with Gasteiger partial charge in [-0.3, -0.25) is 14.4 Å². The molecule has 0 aliphatic heterocycles. The van der Waals surface area contributed by atoms with Crippen LogP contribution in [0.5, 0.6) is 0 Å². The molecule has 0 aromatic heterocycles. The Labute approximate surface area is 146 Å². The van der Waals surface area contributed by atoms with Crippen LogP contribution in [-0.4, -0.2) is 30.4 Å². The Morgan fingerprint density at radius 3 is 1.84 bits per heavy atom. The molecule has 2 rings (SSSR count). The van der Waals surface area contributed by atoms with E-state index in [0.29, 0.717) is 0 Å². The summed E-state index contributed by atoms with van der Waals surface area (Å²) in [5.41, 5.74) is 7.23. The highest BCUT2D eigenvalue weighted by molar-refractivity contribution is 5.89. The minimum atomic E-state index is -0.979. The number of nitrogens with two attached hydrogens (primary N) is 1. The van der Waals surface area contributed by atoms with Crippen molar-refractivity contribution in [3.8, 4) is 0 Å². The fourth-order valence-corrected chi connectivity index (χ4v) is 2.60. The molecule has 2 aromatic rings. The zero-order valence-electron chi connectivity index (χ0n) is 13.8. The maximum atomic E-state index is 12.1. The van der Waals surface area contributed by atoms with Crippen molar-refractivity contribution in [2.75, 3.05) is 6.61 Å². The molecule has 6 nitrogen and oxygen atoms in total. The highest BCUT2D eigenvalue weighted by Crippen LogP contribution is 2.28. The monoisotopic (exact) mass is 340 g/mol. The minimum Gasteiger partial charge on any atom is -0.456 e. The number of primary amides is 1. The summed E-state index contributed by atoms with van der Waals surface area (Å²) in [6, 6.07) is 17.6. The Hall–Kier alpha value is -3.15. The third kappa shape index (κ3) is 5.17. The van der Waals surface area contributed by atoms with Gasteiger partial charge in [-0.1, -0.05) is 60.7 Å². The topological polar surface area (TPSA) is 98.5 Å². The highest BCUT2D eigenvalue weighted by atomic mass is 16.5. The molecule has 0 aliphatic rings. The summed E-state index contributed by atoms with van der Waals surface area (Å²) in [7, 11) is 0. The molecule has 2 aromatic carbocycles. The van der Waals surface area contributed by atoms with Gasteiger partial charge < -0.3 is 15.8 Å². The number of carbonyl (C=O) groups excluding carboxylic acids is 3. The molecule has 0 fully saturated rings. The number of esters is 1. The van der Waals surface area contributed by atoms with Crippen LogP contribution in [0.15, 0.2) is 60.7 Å². The molecule has 0 unspecified atom stereocenters. The van der Waals surface area contributed by atoms with Crippen molar-refractivity contribution < 1.29 is 19.1 Å². The second-order valence-corrected chi connectivity index (χ2v) is 5.53.